The van der Waals surface area contributed by atoms with Gasteiger partial charge in [-0.2, -0.15) is 4.89 Å². The van der Waals surface area contributed by atoms with Crippen LogP contribution < -0.4 is 5.30 Å². The molecule has 0 aliphatic carbocycles. The van der Waals surface area contributed by atoms with E-state index in [1.54, 1.807) is 24.3 Å². The second kappa shape index (κ2) is 3.89. The molecule has 74 valence electrons. The van der Waals surface area contributed by atoms with Gasteiger partial charge >= 0.3 is 8.03 Å². The SMILES string of the molecule is O=Cc1ccc2ccccc2c1[P+](=O)O. The third-order valence-electron chi connectivity index (χ3n) is 2.25. The molecule has 3 nitrogen and oxygen atoms in total. The molecule has 2 aromatic rings. The predicted octanol–water partition coefficient (Wildman–Crippen LogP) is 2.01. The minimum atomic E-state index is -2.50. The second-order valence-corrected chi connectivity index (χ2v) is 4.11. The molecule has 0 bridgehead atoms. The lowest BCUT2D eigenvalue weighted by molar-refractivity contribution is 0.112. The number of benzene rings is 2. The molecule has 15 heavy (non-hydrogen) atoms. The van der Waals surface area contributed by atoms with Gasteiger partial charge in [0.2, 0.25) is 5.30 Å². The Balaban J connectivity index is 2.90. The first kappa shape index (κ1) is 9.97. The van der Waals surface area contributed by atoms with Crippen molar-refractivity contribution in [3.63, 3.8) is 0 Å². The molecular formula is C11H8O3P+. The Kier molecular flexibility index (Phi) is 2.58. The summed E-state index contributed by atoms with van der Waals surface area (Å²) in [4.78, 5) is 19.9. The number of hydrogen-bond donors (Lipinski definition) is 1. The largest absolute Gasteiger partial charge is 0.547 e. The Bertz CT molecular complexity index is 549. The van der Waals surface area contributed by atoms with Crippen molar-refractivity contribution in [3.8, 4) is 0 Å². The van der Waals surface area contributed by atoms with E-state index in [9.17, 15) is 14.3 Å². The molecule has 0 aliphatic heterocycles. The Hall–Kier alpha value is -1.57. The molecule has 4 heteroatoms. The van der Waals surface area contributed by atoms with Crippen LogP contribution >= 0.6 is 8.03 Å². The van der Waals surface area contributed by atoms with E-state index >= 15 is 0 Å². The summed E-state index contributed by atoms with van der Waals surface area (Å²) in [6, 6.07) is 10.5. The Labute approximate surface area is 87.2 Å². The first-order valence-corrected chi connectivity index (χ1v) is 5.58. The van der Waals surface area contributed by atoms with Gasteiger partial charge in [-0.1, -0.05) is 24.3 Å². The third kappa shape index (κ3) is 1.67. The molecule has 2 aromatic carbocycles. The van der Waals surface area contributed by atoms with Gasteiger partial charge in [-0.05, 0) is 22.1 Å². The van der Waals surface area contributed by atoms with E-state index in [4.69, 9.17) is 0 Å². The minimum absolute atomic E-state index is 0.220. The van der Waals surface area contributed by atoms with Gasteiger partial charge in [-0.25, -0.2) is 0 Å². The van der Waals surface area contributed by atoms with Crippen LogP contribution in [0.25, 0.3) is 10.8 Å². The summed E-state index contributed by atoms with van der Waals surface area (Å²) >= 11 is 0. The molecule has 0 radical (unpaired) electrons. The summed E-state index contributed by atoms with van der Waals surface area (Å²) in [5.41, 5.74) is 0.275. The Morgan fingerprint density at radius 2 is 1.87 bits per heavy atom. The zero-order valence-corrected chi connectivity index (χ0v) is 8.65. The van der Waals surface area contributed by atoms with Crippen molar-refractivity contribution in [1.29, 1.82) is 0 Å². The molecule has 0 aliphatic rings. The second-order valence-electron chi connectivity index (χ2n) is 3.12. The van der Waals surface area contributed by atoms with Crippen molar-refractivity contribution in [2.45, 2.75) is 0 Å². The number of hydrogen-bond acceptors (Lipinski definition) is 2. The van der Waals surface area contributed by atoms with Crippen LogP contribution in [0.5, 0.6) is 0 Å². The zero-order chi connectivity index (χ0) is 10.8. The Morgan fingerprint density at radius 1 is 1.13 bits per heavy atom. The fraction of sp³-hybridized carbons (Fsp3) is 0. The molecule has 0 aromatic heterocycles. The van der Waals surface area contributed by atoms with Crippen LogP contribution in [0.3, 0.4) is 0 Å². The third-order valence-corrected chi connectivity index (χ3v) is 3.13. The van der Waals surface area contributed by atoms with Crippen LogP contribution in [0.15, 0.2) is 36.4 Å². The average Bonchev–Trinajstić information content (AvgIpc) is 2.27. The highest BCUT2D eigenvalue weighted by Crippen LogP contribution is 2.23. The van der Waals surface area contributed by atoms with Crippen LogP contribution in [-0.2, 0) is 4.57 Å². The van der Waals surface area contributed by atoms with Crippen LogP contribution in [0.1, 0.15) is 10.4 Å². The number of fused-ring (bicyclic) bond motifs is 1. The molecule has 0 fully saturated rings. The first-order chi connectivity index (χ1) is 7.24. The molecule has 1 unspecified atom stereocenters. The summed E-state index contributed by atoms with van der Waals surface area (Å²) in [6.45, 7) is 0. The number of carbonyl (C=O) groups is 1. The smallest absolute Gasteiger partial charge is 0.298 e. The van der Waals surface area contributed by atoms with E-state index in [1.165, 1.54) is 0 Å². The summed E-state index contributed by atoms with van der Waals surface area (Å²) in [6.07, 6.45) is 0.602. The van der Waals surface area contributed by atoms with Crippen LogP contribution in [0.4, 0.5) is 0 Å². The summed E-state index contributed by atoms with van der Waals surface area (Å²) in [5, 5.41) is 1.74. The minimum Gasteiger partial charge on any atom is -0.298 e. The Morgan fingerprint density at radius 3 is 2.53 bits per heavy atom. The van der Waals surface area contributed by atoms with E-state index in [1.807, 2.05) is 12.1 Å². The fourth-order valence-corrected chi connectivity index (χ4v) is 2.34. The number of rotatable bonds is 2. The van der Waals surface area contributed by atoms with E-state index in [0.717, 1.165) is 5.39 Å². The van der Waals surface area contributed by atoms with Gasteiger partial charge in [0.05, 0.1) is 5.56 Å². The van der Waals surface area contributed by atoms with Crippen molar-refractivity contribution < 1.29 is 14.3 Å². The molecule has 0 amide bonds. The lowest BCUT2D eigenvalue weighted by Gasteiger charge is -1.98. The molecule has 0 saturated heterocycles. The molecular weight excluding hydrogens is 211 g/mol. The maximum absolute atomic E-state index is 11.2. The summed E-state index contributed by atoms with van der Waals surface area (Å²) < 4.78 is 11.2. The number of carbonyl (C=O) groups excluding carboxylic acids is 1. The normalized spacial score (nSPS) is 11.4. The molecule has 0 spiro atoms. The number of aldehydes is 1. The lowest BCUT2D eigenvalue weighted by atomic mass is 10.1. The maximum atomic E-state index is 11.2. The summed E-state index contributed by atoms with van der Waals surface area (Å²) in [5.74, 6) is 0. The maximum Gasteiger partial charge on any atom is 0.547 e. The van der Waals surface area contributed by atoms with Crippen molar-refractivity contribution >= 4 is 30.4 Å². The topological polar surface area (TPSA) is 54.4 Å². The van der Waals surface area contributed by atoms with Gasteiger partial charge in [0.1, 0.15) is 0 Å². The molecule has 0 saturated carbocycles. The van der Waals surface area contributed by atoms with Gasteiger partial charge in [0.25, 0.3) is 0 Å². The van der Waals surface area contributed by atoms with E-state index in [2.05, 4.69) is 0 Å². The van der Waals surface area contributed by atoms with E-state index in [-0.39, 0.29) is 10.9 Å². The lowest BCUT2D eigenvalue weighted by Crippen LogP contribution is -2.06. The highest BCUT2D eigenvalue weighted by molar-refractivity contribution is 7.48. The molecule has 1 atom stereocenters. The highest BCUT2D eigenvalue weighted by Gasteiger charge is 2.24. The molecule has 0 heterocycles. The van der Waals surface area contributed by atoms with Crippen LogP contribution in [-0.4, -0.2) is 11.2 Å². The van der Waals surface area contributed by atoms with E-state index in [0.29, 0.717) is 11.7 Å². The fourth-order valence-electron chi connectivity index (χ4n) is 1.58. The predicted molar refractivity (Wildman–Crippen MR) is 58.8 cm³/mol. The van der Waals surface area contributed by atoms with Crippen molar-refractivity contribution in [3.05, 3.63) is 42.0 Å². The van der Waals surface area contributed by atoms with Crippen LogP contribution in [0.2, 0.25) is 0 Å². The standard InChI is InChI=1S/C11H7O3P/c12-7-9-6-5-8-3-1-2-4-10(8)11(9)15(13)14/h1-7H/p+1. The average molecular weight is 219 g/mol. The van der Waals surface area contributed by atoms with Gasteiger partial charge in [0.15, 0.2) is 6.29 Å². The van der Waals surface area contributed by atoms with E-state index < -0.39 is 8.03 Å². The van der Waals surface area contributed by atoms with Gasteiger partial charge in [-0.3, -0.25) is 4.79 Å². The van der Waals surface area contributed by atoms with Gasteiger partial charge in [0, 0.05) is 5.39 Å². The zero-order valence-electron chi connectivity index (χ0n) is 7.75. The van der Waals surface area contributed by atoms with Crippen molar-refractivity contribution in [2.24, 2.45) is 0 Å². The van der Waals surface area contributed by atoms with Crippen molar-refractivity contribution in [2.75, 3.05) is 0 Å². The molecule has 2 rings (SSSR count). The van der Waals surface area contributed by atoms with Crippen molar-refractivity contribution in [1.82, 2.24) is 0 Å². The summed E-state index contributed by atoms with van der Waals surface area (Å²) in [7, 11) is -2.50. The van der Waals surface area contributed by atoms with Gasteiger partial charge < -0.3 is 0 Å². The van der Waals surface area contributed by atoms with Gasteiger partial charge in [-0.15, -0.1) is 0 Å². The molecule has 1 N–H and O–H groups in total. The highest BCUT2D eigenvalue weighted by atomic mass is 31.1. The first-order valence-electron chi connectivity index (χ1n) is 4.37. The quantitative estimate of drug-likeness (QED) is 0.620. The van der Waals surface area contributed by atoms with Crippen LogP contribution in [0, 0.1) is 0 Å². The monoisotopic (exact) mass is 219 g/mol.